The second-order valence-corrected chi connectivity index (χ2v) is 9.03. The van der Waals surface area contributed by atoms with Gasteiger partial charge in [-0.25, -0.2) is 0 Å². The van der Waals surface area contributed by atoms with E-state index in [1.54, 1.807) is 17.0 Å². The fraction of sp³-hybridized carbons (Fsp3) is 0.462. The van der Waals surface area contributed by atoms with Crippen molar-refractivity contribution in [1.29, 1.82) is 0 Å². The summed E-state index contributed by atoms with van der Waals surface area (Å²) in [5, 5.41) is 3.81. The molecule has 0 unspecified atom stereocenters. The summed E-state index contributed by atoms with van der Waals surface area (Å²) in [6.07, 6.45) is 4.83. The molecule has 3 rings (SSSR count). The number of benzene rings is 2. The van der Waals surface area contributed by atoms with Gasteiger partial charge in [0.25, 0.3) is 5.91 Å². The summed E-state index contributed by atoms with van der Waals surface area (Å²) in [4.78, 5) is 28.1. The maximum Gasteiger partial charge on any atom is 0.261 e. The van der Waals surface area contributed by atoms with Gasteiger partial charge >= 0.3 is 0 Å². The first-order valence-corrected chi connectivity index (χ1v) is 11.8. The van der Waals surface area contributed by atoms with Gasteiger partial charge in [-0.15, -0.1) is 0 Å². The van der Waals surface area contributed by atoms with Gasteiger partial charge in [-0.3, -0.25) is 9.59 Å². The molecule has 172 valence electrons. The lowest BCUT2D eigenvalue weighted by molar-refractivity contribution is -0.143. The van der Waals surface area contributed by atoms with Gasteiger partial charge in [0.1, 0.15) is 11.8 Å². The van der Waals surface area contributed by atoms with Crippen molar-refractivity contribution in [2.45, 2.75) is 71.5 Å². The topological polar surface area (TPSA) is 58.6 Å². The average molecular weight is 457 g/mol. The quantitative estimate of drug-likeness (QED) is 0.564. The Morgan fingerprint density at radius 3 is 2.56 bits per heavy atom. The van der Waals surface area contributed by atoms with Gasteiger partial charge in [0.2, 0.25) is 5.91 Å². The number of ether oxygens (including phenoxy) is 1. The zero-order valence-electron chi connectivity index (χ0n) is 19.2. The Morgan fingerprint density at radius 2 is 1.91 bits per heavy atom. The van der Waals surface area contributed by atoms with Crippen LogP contribution in [-0.2, 0) is 16.1 Å². The van der Waals surface area contributed by atoms with Gasteiger partial charge in [-0.05, 0) is 62.4 Å². The number of hydrogen-bond acceptors (Lipinski definition) is 3. The molecule has 32 heavy (non-hydrogen) atoms. The van der Waals surface area contributed by atoms with E-state index in [9.17, 15) is 9.59 Å². The maximum atomic E-state index is 13.3. The number of halogens is 1. The first kappa shape index (κ1) is 24.1. The zero-order valence-corrected chi connectivity index (χ0v) is 20.0. The summed E-state index contributed by atoms with van der Waals surface area (Å²) < 4.78 is 5.77. The van der Waals surface area contributed by atoms with Gasteiger partial charge in [-0.1, -0.05) is 61.2 Å². The molecule has 1 atom stereocenters. The van der Waals surface area contributed by atoms with Crippen molar-refractivity contribution in [2.24, 2.45) is 0 Å². The molecule has 0 spiro atoms. The summed E-state index contributed by atoms with van der Waals surface area (Å²) in [5.74, 6) is 0.287. The van der Waals surface area contributed by atoms with E-state index in [0.29, 0.717) is 23.7 Å². The largest absolute Gasteiger partial charge is 0.484 e. The van der Waals surface area contributed by atoms with Crippen molar-refractivity contribution < 1.29 is 14.3 Å². The third-order valence-corrected chi connectivity index (χ3v) is 6.44. The van der Waals surface area contributed by atoms with Gasteiger partial charge in [-0.2, -0.15) is 0 Å². The standard InChI is InChI=1S/C26H33ClN2O3/c1-4-24(26(31)28-21-10-5-6-11-21)29(16-20-9-7-8-18(2)14-20)25(30)17-32-22-12-13-23(27)19(3)15-22/h7-9,12-15,21,24H,4-6,10-11,16-17H2,1-3H3,(H,28,31)/t24-/m1/s1. The molecule has 2 aromatic rings. The van der Waals surface area contributed by atoms with Gasteiger partial charge < -0.3 is 15.0 Å². The third kappa shape index (κ3) is 6.49. The van der Waals surface area contributed by atoms with Gasteiger partial charge in [0.05, 0.1) is 0 Å². The predicted molar refractivity (Wildman–Crippen MR) is 128 cm³/mol. The first-order chi connectivity index (χ1) is 15.4. The van der Waals surface area contributed by atoms with E-state index in [2.05, 4.69) is 5.32 Å². The Balaban J connectivity index is 1.76. The summed E-state index contributed by atoms with van der Waals surface area (Å²) in [5.41, 5.74) is 3.00. The van der Waals surface area contributed by atoms with Crippen LogP contribution >= 0.6 is 11.6 Å². The van der Waals surface area contributed by atoms with E-state index in [4.69, 9.17) is 16.3 Å². The number of amides is 2. The zero-order chi connectivity index (χ0) is 23.1. The summed E-state index contributed by atoms with van der Waals surface area (Å²) >= 11 is 6.09. The van der Waals surface area contributed by atoms with Crippen LogP contribution in [0.25, 0.3) is 0 Å². The van der Waals surface area contributed by atoms with Crippen LogP contribution in [0.2, 0.25) is 5.02 Å². The van der Waals surface area contributed by atoms with Crippen molar-refractivity contribution in [3.63, 3.8) is 0 Å². The highest BCUT2D eigenvalue weighted by Crippen LogP contribution is 2.22. The number of carbonyl (C=O) groups excluding carboxylic acids is 2. The molecule has 1 fully saturated rings. The number of aryl methyl sites for hydroxylation is 2. The Labute approximate surface area is 196 Å². The Hall–Kier alpha value is -2.53. The highest BCUT2D eigenvalue weighted by Gasteiger charge is 2.30. The molecule has 0 aromatic heterocycles. The minimum atomic E-state index is -0.542. The number of carbonyl (C=O) groups is 2. The molecule has 6 heteroatoms. The lowest BCUT2D eigenvalue weighted by atomic mass is 10.1. The monoisotopic (exact) mass is 456 g/mol. The smallest absolute Gasteiger partial charge is 0.261 e. The molecule has 1 saturated carbocycles. The molecule has 0 saturated heterocycles. The number of hydrogen-bond donors (Lipinski definition) is 1. The summed E-state index contributed by atoms with van der Waals surface area (Å²) in [6, 6.07) is 13.0. The molecule has 0 aliphatic heterocycles. The van der Waals surface area contributed by atoms with E-state index in [1.807, 2.05) is 51.1 Å². The van der Waals surface area contributed by atoms with Crippen LogP contribution in [0.4, 0.5) is 0 Å². The summed E-state index contributed by atoms with van der Waals surface area (Å²) in [7, 11) is 0. The average Bonchev–Trinajstić information content (AvgIpc) is 3.27. The SMILES string of the molecule is CC[C@H](C(=O)NC1CCCC1)N(Cc1cccc(C)c1)C(=O)COc1ccc(Cl)c(C)c1. The van der Waals surface area contributed by atoms with Gasteiger partial charge in [0.15, 0.2) is 6.61 Å². The van der Waals surface area contributed by atoms with Crippen molar-refractivity contribution in [3.8, 4) is 5.75 Å². The molecule has 5 nitrogen and oxygen atoms in total. The predicted octanol–water partition coefficient (Wildman–Crippen LogP) is 5.20. The van der Waals surface area contributed by atoms with Gasteiger partial charge in [0, 0.05) is 17.6 Å². The van der Waals surface area contributed by atoms with Crippen molar-refractivity contribution in [3.05, 3.63) is 64.2 Å². The van der Waals surface area contributed by atoms with Crippen LogP contribution in [0.3, 0.4) is 0 Å². The lowest BCUT2D eigenvalue weighted by Crippen LogP contribution is -2.52. The van der Waals surface area contributed by atoms with E-state index in [0.717, 1.165) is 42.4 Å². The number of rotatable bonds is 9. The molecular formula is C26H33ClN2O3. The molecule has 0 bridgehead atoms. The maximum absolute atomic E-state index is 13.3. The Morgan fingerprint density at radius 1 is 1.16 bits per heavy atom. The van der Waals surface area contributed by atoms with Crippen LogP contribution in [0, 0.1) is 13.8 Å². The third-order valence-electron chi connectivity index (χ3n) is 6.01. The van der Waals surface area contributed by atoms with E-state index >= 15 is 0 Å². The molecule has 1 aliphatic carbocycles. The van der Waals surface area contributed by atoms with Crippen LogP contribution in [-0.4, -0.2) is 35.4 Å². The highest BCUT2D eigenvalue weighted by molar-refractivity contribution is 6.31. The molecule has 1 N–H and O–H groups in total. The number of nitrogens with zero attached hydrogens (tertiary/aromatic N) is 1. The summed E-state index contributed by atoms with van der Waals surface area (Å²) in [6.45, 7) is 6.08. The first-order valence-electron chi connectivity index (χ1n) is 11.4. The Kier molecular flexibility index (Phi) is 8.57. The second kappa shape index (κ2) is 11.4. The van der Waals surface area contributed by atoms with Crippen molar-refractivity contribution in [2.75, 3.05) is 6.61 Å². The van der Waals surface area contributed by atoms with Crippen molar-refractivity contribution >= 4 is 23.4 Å². The van der Waals surface area contributed by atoms with Crippen LogP contribution in [0.15, 0.2) is 42.5 Å². The molecule has 0 heterocycles. The molecule has 2 amide bonds. The molecular weight excluding hydrogens is 424 g/mol. The Bertz CT molecular complexity index is 940. The van der Waals surface area contributed by atoms with E-state index in [-0.39, 0.29) is 24.5 Å². The highest BCUT2D eigenvalue weighted by atomic mass is 35.5. The van der Waals surface area contributed by atoms with Crippen LogP contribution in [0.5, 0.6) is 5.75 Å². The molecule has 0 radical (unpaired) electrons. The van der Waals surface area contributed by atoms with E-state index in [1.165, 1.54) is 0 Å². The second-order valence-electron chi connectivity index (χ2n) is 8.62. The molecule has 2 aromatic carbocycles. The van der Waals surface area contributed by atoms with Crippen LogP contribution in [0.1, 0.15) is 55.7 Å². The normalized spacial score (nSPS) is 14.8. The van der Waals surface area contributed by atoms with Crippen molar-refractivity contribution in [1.82, 2.24) is 10.2 Å². The van der Waals surface area contributed by atoms with Crippen LogP contribution < -0.4 is 10.1 Å². The minimum absolute atomic E-state index is 0.0808. The fourth-order valence-electron chi connectivity index (χ4n) is 4.23. The molecule has 1 aliphatic rings. The number of nitrogens with one attached hydrogen (secondary N) is 1. The van der Waals surface area contributed by atoms with E-state index < -0.39 is 6.04 Å². The lowest BCUT2D eigenvalue weighted by Gasteiger charge is -2.31. The minimum Gasteiger partial charge on any atom is -0.484 e. The fourth-order valence-corrected chi connectivity index (χ4v) is 4.35.